The molecule has 0 bridgehead atoms. The fraction of sp³-hybridized carbons (Fsp3) is 0.571. The van der Waals surface area contributed by atoms with E-state index in [4.69, 9.17) is 5.73 Å². The molecule has 106 valence electrons. The van der Waals surface area contributed by atoms with Crippen LogP contribution < -0.4 is 10.5 Å². The zero-order valence-electron chi connectivity index (χ0n) is 11.5. The molecule has 5 heteroatoms. The molecule has 0 aliphatic heterocycles. The molecule has 19 heavy (non-hydrogen) atoms. The Labute approximate surface area is 115 Å². The van der Waals surface area contributed by atoms with E-state index < -0.39 is 10.0 Å². The van der Waals surface area contributed by atoms with Crippen LogP contribution in [0.2, 0.25) is 0 Å². The van der Waals surface area contributed by atoms with E-state index in [1.54, 1.807) is 25.1 Å². The Hall–Kier alpha value is -1.07. The predicted octanol–water partition coefficient (Wildman–Crippen LogP) is 2.43. The number of benzene rings is 1. The molecule has 0 aromatic heterocycles. The minimum absolute atomic E-state index is 0.0262. The van der Waals surface area contributed by atoms with Gasteiger partial charge in [-0.15, -0.1) is 0 Å². The standard InChI is InChI=1S/C14H22N2O2S/c1-3-12(9-11-7-8-11)16-19(17,18)14-6-4-5-13(15)10(14)2/h4-6,11-12,16H,3,7-9,15H2,1-2H3. The topological polar surface area (TPSA) is 72.2 Å². The molecule has 1 unspecified atom stereocenters. The minimum Gasteiger partial charge on any atom is -0.398 e. The van der Waals surface area contributed by atoms with Crippen LogP contribution in [0.15, 0.2) is 23.1 Å². The third-order valence-electron chi connectivity index (χ3n) is 3.74. The summed E-state index contributed by atoms with van der Waals surface area (Å²) in [4.78, 5) is 0.293. The van der Waals surface area contributed by atoms with E-state index in [1.807, 2.05) is 6.92 Å². The number of nitrogens with one attached hydrogen (secondary N) is 1. The van der Waals surface area contributed by atoms with Crippen LogP contribution in [0.5, 0.6) is 0 Å². The Balaban J connectivity index is 2.18. The molecule has 0 saturated heterocycles. The van der Waals surface area contributed by atoms with Crippen LogP contribution in [0.1, 0.15) is 38.2 Å². The molecule has 1 aromatic carbocycles. The molecule has 1 fully saturated rings. The molecule has 0 spiro atoms. The number of hydrogen-bond acceptors (Lipinski definition) is 3. The molecule has 0 amide bonds. The summed E-state index contributed by atoms with van der Waals surface area (Å²) in [6.45, 7) is 3.76. The first-order valence-electron chi connectivity index (χ1n) is 6.81. The third-order valence-corrected chi connectivity index (χ3v) is 5.41. The number of anilines is 1. The largest absolute Gasteiger partial charge is 0.398 e. The first-order valence-corrected chi connectivity index (χ1v) is 8.29. The molecule has 1 saturated carbocycles. The highest BCUT2D eigenvalue weighted by Crippen LogP contribution is 2.34. The van der Waals surface area contributed by atoms with Gasteiger partial charge in [0.25, 0.3) is 0 Å². The molecular formula is C14H22N2O2S. The monoisotopic (exact) mass is 282 g/mol. The zero-order valence-corrected chi connectivity index (χ0v) is 12.3. The van der Waals surface area contributed by atoms with Crippen molar-refractivity contribution in [1.29, 1.82) is 0 Å². The van der Waals surface area contributed by atoms with Crippen LogP contribution in [0.3, 0.4) is 0 Å². The normalized spacial score (nSPS) is 17.4. The maximum absolute atomic E-state index is 12.4. The SMILES string of the molecule is CCC(CC1CC1)NS(=O)(=O)c1cccc(N)c1C. The van der Waals surface area contributed by atoms with Crippen LogP contribution in [-0.2, 0) is 10.0 Å². The summed E-state index contributed by atoms with van der Waals surface area (Å²) in [5.41, 5.74) is 6.91. The maximum Gasteiger partial charge on any atom is 0.241 e. The summed E-state index contributed by atoms with van der Waals surface area (Å²) in [7, 11) is -3.47. The molecule has 2 rings (SSSR count). The zero-order chi connectivity index (χ0) is 14.0. The fourth-order valence-corrected chi connectivity index (χ4v) is 3.87. The molecule has 0 radical (unpaired) electrons. The molecule has 1 aromatic rings. The van der Waals surface area contributed by atoms with Gasteiger partial charge < -0.3 is 5.73 Å². The van der Waals surface area contributed by atoms with Gasteiger partial charge in [-0.05, 0) is 43.4 Å². The van der Waals surface area contributed by atoms with Gasteiger partial charge in [0.2, 0.25) is 10.0 Å². The van der Waals surface area contributed by atoms with Gasteiger partial charge in [0.1, 0.15) is 0 Å². The van der Waals surface area contributed by atoms with E-state index in [0.29, 0.717) is 22.1 Å². The van der Waals surface area contributed by atoms with Crippen LogP contribution in [0, 0.1) is 12.8 Å². The summed E-state index contributed by atoms with van der Waals surface area (Å²) in [5, 5.41) is 0. The number of nitrogen functional groups attached to an aromatic ring is 1. The summed E-state index contributed by atoms with van der Waals surface area (Å²) in [5.74, 6) is 0.703. The fourth-order valence-electron chi connectivity index (χ4n) is 2.26. The van der Waals surface area contributed by atoms with Gasteiger partial charge in [-0.2, -0.15) is 0 Å². The van der Waals surface area contributed by atoms with E-state index in [0.717, 1.165) is 12.8 Å². The number of sulfonamides is 1. The van der Waals surface area contributed by atoms with Crippen molar-refractivity contribution in [3.63, 3.8) is 0 Å². The lowest BCUT2D eigenvalue weighted by atomic mass is 10.1. The van der Waals surface area contributed by atoms with Crippen LogP contribution in [-0.4, -0.2) is 14.5 Å². The average molecular weight is 282 g/mol. The van der Waals surface area contributed by atoms with E-state index in [-0.39, 0.29) is 6.04 Å². The van der Waals surface area contributed by atoms with Gasteiger partial charge >= 0.3 is 0 Å². The lowest BCUT2D eigenvalue weighted by Gasteiger charge is -2.18. The van der Waals surface area contributed by atoms with Gasteiger partial charge in [0.15, 0.2) is 0 Å². The summed E-state index contributed by atoms with van der Waals surface area (Å²) >= 11 is 0. The Morgan fingerprint density at radius 3 is 2.68 bits per heavy atom. The van der Waals surface area contributed by atoms with Crippen molar-refractivity contribution in [2.24, 2.45) is 5.92 Å². The van der Waals surface area contributed by atoms with Gasteiger partial charge in [-0.1, -0.05) is 25.8 Å². The maximum atomic E-state index is 12.4. The highest BCUT2D eigenvalue weighted by atomic mass is 32.2. The van der Waals surface area contributed by atoms with Crippen molar-refractivity contribution >= 4 is 15.7 Å². The van der Waals surface area contributed by atoms with Crippen molar-refractivity contribution in [1.82, 2.24) is 4.72 Å². The Kier molecular flexibility index (Phi) is 4.16. The second kappa shape index (κ2) is 5.51. The number of rotatable bonds is 6. The first kappa shape index (κ1) is 14.3. The second-order valence-corrected chi connectivity index (χ2v) is 7.06. The number of hydrogen-bond donors (Lipinski definition) is 2. The van der Waals surface area contributed by atoms with E-state index >= 15 is 0 Å². The third kappa shape index (κ3) is 3.48. The van der Waals surface area contributed by atoms with Crippen molar-refractivity contribution in [3.8, 4) is 0 Å². The summed E-state index contributed by atoms with van der Waals surface area (Å²) in [6, 6.07) is 5.03. The highest BCUT2D eigenvalue weighted by Gasteiger charge is 2.28. The minimum atomic E-state index is -3.47. The Bertz CT molecular complexity index is 551. The van der Waals surface area contributed by atoms with E-state index in [2.05, 4.69) is 4.72 Å². The molecule has 1 aliphatic carbocycles. The van der Waals surface area contributed by atoms with Crippen molar-refractivity contribution in [3.05, 3.63) is 23.8 Å². The molecule has 1 aliphatic rings. The van der Waals surface area contributed by atoms with E-state index in [9.17, 15) is 8.42 Å². The van der Waals surface area contributed by atoms with Gasteiger partial charge in [0.05, 0.1) is 4.90 Å². The Morgan fingerprint density at radius 2 is 2.11 bits per heavy atom. The highest BCUT2D eigenvalue weighted by molar-refractivity contribution is 7.89. The van der Waals surface area contributed by atoms with Crippen LogP contribution in [0.4, 0.5) is 5.69 Å². The van der Waals surface area contributed by atoms with Crippen molar-refractivity contribution < 1.29 is 8.42 Å². The van der Waals surface area contributed by atoms with Gasteiger partial charge in [-0.25, -0.2) is 13.1 Å². The molecule has 0 heterocycles. The molecule has 3 N–H and O–H groups in total. The van der Waals surface area contributed by atoms with E-state index in [1.165, 1.54) is 12.8 Å². The number of nitrogens with two attached hydrogens (primary N) is 1. The second-order valence-electron chi connectivity index (χ2n) is 5.38. The molecule has 4 nitrogen and oxygen atoms in total. The van der Waals surface area contributed by atoms with Gasteiger partial charge in [-0.3, -0.25) is 0 Å². The first-order chi connectivity index (χ1) is 8.94. The van der Waals surface area contributed by atoms with Crippen LogP contribution >= 0.6 is 0 Å². The molecular weight excluding hydrogens is 260 g/mol. The lowest BCUT2D eigenvalue weighted by molar-refractivity contribution is 0.495. The Morgan fingerprint density at radius 1 is 1.42 bits per heavy atom. The lowest BCUT2D eigenvalue weighted by Crippen LogP contribution is -2.35. The van der Waals surface area contributed by atoms with Crippen molar-refractivity contribution in [2.75, 3.05) is 5.73 Å². The van der Waals surface area contributed by atoms with Crippen molar-refractivity contribution in [2.45, 2.75) is 50.5 Å². The van der Waals surface area contributed by atoms with Crippen LogP contribution in [0.25, 0.3) is 0 Å². The predicted molar refractivity (Wildman–Crippen MR) is 77.3 cm³/mol. The average Bonchev–Trinajstić information content (AvgIpc) is 3.15. The summed E-state index contributed by atoms with van der Waals surface area (Å²) in [6.07, 6.45) is 4.22. The smallest absolute Gasteiger partial charge is 0.241 e. The summed E-state index contributed by atoms with van der Waals surface area (Å²) < 4.78 is 27.6. The quantitative estimate of drug-likeness (QED) is 0.787. The van der Waals surface area contributed by atoms with Gasteiger partial charge in [0, 0.05) is 11.7 Å². The molecule has 1 atom stereocenters.